The third kappa shape index (κ3) is 1.83. The molecule has 0 fully saturated rings. The van der Waals surface area contributed by atoms with E-state index in [9.17, 15) is 0 Å². The molecule has 0 amide bonds. The number of oxazole rings is 1. The van der Waals surface area contributed by atoms with Gasteiger partial charge in [-0.2, -0.15) is 0 Å². The van der Waals surface area contributed by atoms with Gasteiger partial charge in [0.2, 0.25) is 0 Å². The van der Waals surface area contributed by atoms with Crippen molar-refractivity contribution in [3.05, 3.63) is 18.4 Å². The zero-order valence-electron chi connectivity index (χ0n) is 4.95. The standard InChI is InChI=1S/C5H9N3O/c6-4(7)3-5-8-1-2-9-5/h1-2,4H,3,6-7H2. The van der Waals surface area contributed by atoms with Crippen molar-refractivity contribution < 1.29 is 4.42 Å². The molecule has 0 saturated carbocycles. The van der Waals surface area contributed by atoms with Gasteiger partial charge >= 0.3 is 0 Å². The fourth-order valence-corrected chi connectivity index (χ4v) is 0.555. The van der Waals surface area contributed by atoms with E-state index in [0.29, 0.717) is 12.3 Å². The molecular weight excluding hydrogens is 118 g/mol. The van der Waals surface area contributed by atoms with Crippen molar-refractivity contribution in [2.75, 3.05) is 0 Å². The molecule has 0 aliphatic carbocycles. The van der Waals surface area contributed by atoms with Crippen LogP contribution in [0.2, 0.25) is 0 Å². The fourth-order valence-electron chi connectivity index (χ4n) is 0.555. The molecule has 50 valence electrons. The van der Waals surface area contributed by atoms with Gasteiger partial charge in [-0.15, -0.1) is 0 Å². The second kappa shape index (κ2) is 2.61. The molecule has 0 aliphatic heterocycles. The third-order valence-electron chi connectivity index (χ3n) is 0.894. The summed E-state index contributed by atoms with van der Waals surface area (Å²) in [6, 6.07) is 0. The van der Waals surface area contributed by atoms with Crippen LogP contribution in [0.3, 0.4) is 0 Å². The van der Waals surface area contributed by atoms with Gasteiger partial charge in [-0.3, -0.25) is 0 Å². The van der Waals surface area contributed by atoms with E-state index in [-0.39, 0.29) is 6.17 Å². The van der Waals surface area contributed by atoms with Crippen LogP contribution in [-0.4, -0.2) is 11.1 Å². The largest absolute Gasteiger partial charge is 0.449 e. The van der Waals surface area contributed by atoms with Gasteiger partial charge in [0.15, 0.2) is 5.89 Å². The van der Waals surface area contributed by atoms with Crippen molar-refractivity contribution in [2.45, 2.75) is 12.6 Å². The topological polar surface area (TPSA) is 78.1 Å². The number of nitrogens with zero attached hydrogens (tertiary/aromatic N) is 1. The maximum atomic E-state index is 5.26. The summed E-state index contributed by atoms with van der Waals surface area (Å²) in [5, 5.41) is 0. The lowest BCUT2D eigenvalue weighted by atomic mass is 10.4. The molecule has 4 N–H and O–H groups in total. The summed E-state index contributed by atoms with van der Waals surface area (Å²) in [5.74, 6) is 0.588. The number of rotatable bonds is 2. The molecule has 0 unspecified atom stereocenters. The van der Waals surface area contributed by atoms with E-state index in [0.717, 1.165) is 0 Å². The quantitative estimate of drug-likeness (QED) is 0.523. The first-order chi connectivity index (χ1) is 4.29. The maximum Gasteiger partial charge on any atom is 0.196 e. The van der Waals surface area contributed by atoms with Gasteiger partial charge in [-0.25, -0.2) is 4.98 Å². The minimum absolute atomic E-state index is 0.372. The van der Waals surface area contributed by atoms with Gasteiger partial charge < -0.3 is 15.9 Å². The number of hydrogen-bond acceptors (Lipinski definition) is 4. The van der Waals surface area contributed by atoms with Gasteiger partial charge in [0.25, 0.3) is 0 Å². The molecule has 0 aliphatic rings. The molecule has 0 radical (unpaired) electrons. The predicted octanol–water partition coefficient (Wildman–Crippen LogP) is -0.539. The zero-order valence-corrected chi connectivity index (χ0v) is 4.95. The smallest absolute Gasteiger partial charge is 0.196 e. The summed E-state index contributed by atoms with van der Waals surface area (Å²) in [6.45, 7) is 0. The van der Waals surface area contributed by atoms with E-state index in [2.05, 4.69) is 4.98 Å². The van der Waals surface area contributed by atoms with Crippen LogP contribution in [0.15, 0.2) is 16.9 Å². The molecule has 0 aromatic carbocycles. The maximum absolute atomic E-state index is 5.26. The van der Waals surface area contributed by atoms with E-state index in [1.54, 1.807) is 6.20 Å². The molecule has 1 heterocycles. The van der Waals surface area contributed by atoms with Crippen LogP contribution >= 0.6 is 0 Å². The number of hydrogen-bond donors (Lipinski definition) is 2. The molecule has 4 nitrogen and oxygen atoms in total. The Bertz CT molecular complexity index is 159. The first-order valence-electron chi connectivity index (χ1n) is 2.68. The highest BCUT2D eigenvalue weighted by Crippen LogP contribution is 1.94. The Kier molecular flexibility index (Phi) is 1.81. The Balaban J connectivity index is 2.48. The van der Waals surface area contributed by atoms with Gasteiger partial charge in [0, 0.05) is 0 Å². The first-order valence-corrected chi connectivity index (χ1v) is 2.68. The Morgan fingerprint density at radius 2 is 2.44 bits per heavy atom. The van der Waals surface area contributed by atoms with E-state index in [4.69, 9.17) is 15.9 Å². The van der Waals surface area contributed by atoms with Crippen LogP contribution in [0.4, 0.5) is 0 Å². The van der Waals surface area contributed by atoms with Gasteiger partial charge in [-0.05, 0) is 0 Å². The van der Waals surface area contributed by atoms with E-state index >= 15 is 0 Å². The predicted molar refractivity (Wildman–Crippen MR) is 32.4 cm³/mol. The molecule has 1 aromatic heterocycles. The van der Waals surface area contributed by atoms with Crippen molar-refractivity contribution in [3.63, 3.8) is 0 Å². The third-order valence-corrected chi connectivity index (χ3v) is 0.894. The Labute approximate surface area is 52.9 Å². The second-order valence-corrected chi connectivity index (χ2v) is 1.79. The monoisotopic (exact) mass is 127 g/mol. The van der Waals surface area contributed by atoms with E-state index in [1.807, 2.05) is 0 Å². The van der Waals surface area contributed by atoms with Gasteiger partial charge in [0.1, 0.15) is 6.26 Å². The highest BCUT2D eigenvalue weighted by Gasteiger charge is 1.99. The summed E-state index contributed by atoms with van der Waals surface area (Å²) < 4.78 is 4.87. The lowest BCUT2D eigenvalue weighted by Gasteiger charge is -1.97. The molecule has 1 rings (SSSR count). The Morgan fingerprint density at radius 1 is 1.67 bits per heavy atom. The van der Waals surface area contributed by atoms with Crippen molar-refractivity contribution in [1.82, 2.24) is 4.98 Å². The molecule has 0 spiro atoms. The average molecular weight is 127 g/mol. The van der Waals surface area contributed by atoms with Crippen LogP contribution < -0.4 is 11.5 Å². The Hall–Kier alpha value is -0.870. The SMILES string of the molecule is NC(N)Cc1ncco1. The average Bonchev–Trinajstić information content (AvgIpc) is 2.15. The summed E-state index contributed by atoms with van der Waals surface area (Å²) in [5.41, 5.74) is 10.5. The van der Waals surface area contributed by atoms with Crippen molar-refractivity contribution >= 4 is 0 Å². The summed E-state index contributed by atoms with van der Waals surface area (Å²) in [7, 11) is 0. The highest BCUT2D eigenvalue weighted by molar-refractivity contribution is 4.82. The fraction of sp³-hybridized carbons (Fsp3) is 0.400. The van der Waals surface area contributed by atoms with Crippen LogP contribution in [0, 0.1) is 0 Å². The summed E-state index contributed by atoms with van der Waals surface area (Å²) in [6.07, 6.45) is 3.19. The molecule has 0 saturated heterocycles. The summed E-state index contributed by atoms with van der Waals surface area (Å²) in [4.78, 5) is 3.83. The second-order valence-electron chi connectivity index (χ2n) is 1.79. The molecule has 4 heteroatoms. The molecule has 1 aromatic rings. The lowest BCUT2D eigenvalue weighted by Crippen LogP contribution is -2.32. The minimum atomic E-state index is -0.372. The zero-order chi connectivity index (χ0) is 6.69. The molecular formula is C5H9N3O. The van der Waals surface area contributed by atoms with Crippen molar-refractivity contribution in [3.8, 4) is 0 Å². The molecule has 9 heavy (non-hydrogen) atoms. The number of aromatic nitrogens is 1. The van der Waals surface area contributed by atoms with Crippen LogP contribution in [0.25, 0.3) is 0 Å². The van der Waals surface area contributed by atoms with E-state index < -0.39 is 0 Å². The lowest BCUT2D eigenvalue weighted by molar-refractivity contribution is 0.473. The van der Waals surface area contributed by atoms with E-state index in [1.165, 1.54) is 6.26 Å². The van der Waals surface area contributed by atoms with Crippen LogP contribution in [0.5, 0.6) is 0 Å². The normalized spacial score (nSPS) is 10.6. The van der Waals surface area contributed by atoms with Crippen LogP contribution in [0.1, 0.15) is 5.89 Å². The summed E-state index contributed by atoms with van der Waals surface area (Å²) >= 11 is 0. The minimum Gasteiger partial charge on any atom is -0.449 e. The van der Waals surface area contributed by atoms with Gasteiger partial charge in [0.05, 0.1) is 18.8 Å². The Morgan fingerprint density at radius 3 is 2.89 bits per heavy atom. The van der Waals surface area contributed by atoms with Gasteiger partial charge in [-0.1, -0.05) is 0 Å². The molecule has 0 bridgehead atoms. The van der Waals surface area contributed by atoms with Crippen molar-refractivity contribution in [1.29, 1.82) is 0 Å². The first kappa shape index (κ1) is 6.25. The number of nitrogens with two attached hydrogens (primary N) is 2. The van der Waals surface area contributed by atoms with Crippen LogP contribution in [-0.2, 0) is 6.42 Å². The van der Waals surface area contributed by atoms with Crippen molar-refractivity contribution in [2.24, 2.45) is 11.5 Å². The molecule has 0 atom stereocenters. The highest BCUT2D eigenvalue weighted by atomic mass is 16.3.